The molecule has 3 fully saturated rings. The highest BCUT2D eigenvalue weighted by Gasteiger charge is 2.62. The first-order valence-electron chi connectivity index (χ1n) is 21.5. The van der Waals surface area contributed by atoms with Crippen LogP contribution < -0.4 is 29.6 Å². The van der Waals surface area contributed by atoms with Gasteiger partial charge in [-0.25, -0.2) is 22.6 Å². The number of sulfonamides is 1. The SMILES string of the molecule is COc1ccc2c(O[C@@H]3C[C@H]4C(=O)N[C@]5(C(=O)NS(=O)(=O)C6CC6)C[C@H]5/C=C\CC[C@@H](C)C[C@@H](C)[C@H](NC(=O)OC(C)(C)C(F)(F)F)C(=O)N4C3)nc(-c3ccc(OC)c(F)c3)cc2c1. The maximum atomic E-state index is 15.0. The lowest BCUT2D eigenvalue weighted by atomic mass is 9.88. The quantitative estimate of drug-likeness (QED) is 0.152. The molecule has 0 bridgehead atoms. The van der Waals surface area contributed by atoms with Crippen molar-refractivity contribution in [2.45, 2.75) is 113 Å². The first-order valence-corrected chi connectivity index (χ1v) is 23.0. The summed E-state index contributed by atoms with van der Waals surface area (Å²) in [6.07, 6.45) is -1.81. The lowest BCUT2D eigenvalue weighted by Gasteiger charge is -2.34. The van der Waals surface area contributed by atoms with Crippen LogP contribution in [0.2, 0.25) is 0 Å². The van der Waals surface area contributed by atoms with Gasteiger partial charge in [0, 0.05) is 23.3 Å². The van der Waals surface area contributed by atoms with Gasteiger partial charge in [0.25, 0.3) is 5.91 Å². The highest BCUT2D eigenvalue weighted by Crippen LogP contribution is 2.46. The molecule has 4 amide bonds. The number of benzene rings is 2. The zero-order valence-corrected chi connectivity index (χ0v) is 37.6. The summed E-state index contributed by atoms with van der Waals surface area (Å²) in [6, 6.07) is 8.16. The average Bonchev–Trinajstić information content (AvgIpc) is 4.17. The van der Waals surface area contributed by atoms with Crippen LogP contribution in [-0.4, -0.2) is 104 Å². The van der Waals surface area contributed by atoms with Crippen LogP contribution in [0.1, 0.15) is 72.6 Å². The number of pyridine rings is 1. The molecule has 1 saturated heterocycles. The minimum absolute atomic E-state index is 0.0103. The van der Waals surface area contributed by atoms with Gasteiger partial charge in [-0.15, -0.1) is 0 Å². The van der Waals surface area contributed by atoms with Gasteiger partial charge < -0.3 is 34.5 Å². The molecule has 2 aliphatic heterocycles. The number of nitrogens with one attached hydrogen (secondary N) is 3. The zero-order chi connectivity index (χ0) is 47.2. The van der Waals surface area contributed by atoms with Crippen molar-refractivity contribution in [3.05, 3.63) is 60.4 Å². The molecule has 4 aliphatic rings. The molecule has 0 spiro atoms. The molecule has 3 N–H and O–H groups in total. The Kier molecular flexibility index (Phi) is 13.1. The summed E-state index contributed by atoms with van der Waals surface area (Å²) in [4.78, 5) is 62.7. The van der Waals surface area contributed by atoms with Crippen LogP contribution in [0.25, 0.3) is 22.0 Å². The Morgan fingerprint density at radius 3 is 2.38 bits per heavy atom. The van der Waals surface area contributed by atoms with E-state index in [4.69, 9.17) is 23.9 Å². The van der Waals surface area contributed by atoms with Crippen LogP contribution in [0.4, 0.5) is 22.4 Å². The summed E-state index contributed by atoms with van der Waals surface area (Å²) in [6.45, 7) is 4.62. The van der Waals surface area contributed by atoms with Gasteiger partial charge >= 0.3 is 12.3 Å². The molecule has 2 aliphatic carbocycles. The van der Waals surface area contributed by atoms with Crippen LogP contribution in [-0.2, 0) is 29.1 Å². The van der Waals surface area contributed by atoms with Gasteiger partial charge in [-0.1, -0.05) is 26.0 Å². The van der Waals surface area contributed by atoms with Gasteiger partial charge in [-0.2, -0.15) is 13.2 Å². The molecule has 1 aromatic heterocycles. The van der Waals surface area contributed by atoms with Gasteiger partial charge in [0.2, 0.25) is 33.3 Å². The summed E-state index contributed by atoms with van der Waals surface area (Å²) in [5.74, 6) is -4.05. The summed E-state index contributed by atoms with van der Waals surface area (Å²) in [7, 11) is -1.21. The maximum Gasteiger partial charge on any atom is 0.427 e. The molecule has 2 aromatic carbocycles. The van der Waals surface area contributed by atoms with E-state index in [0.717, 1.165) is 4.90 Å². The van der Waals surface area contributed by atoms with E-state index in [0.29, 0.717) is 73.7 Å². The maximum absolute atomic E-state index is 15.0. The van der Waals surface area contributed by atoms with Crippen molar-refractivity contribution in [2.24, 2.45) is 17.8 Å². The number of alkyl carbamates (subject to hydrolysis) is 1. The van der Waals surface area contributed by atoms with Gasteiger partial charge in [-0.05, 0) is 112 Å². The number of rotatable bonds is 10. The topological polar surface area (TPSA) is 192 Å². The fraction of sp³-hybridized carbons (Fsp3) is 0.533. The van der Waals surface area contributed by atoms with E-state index in [-0.39, 0.29) is 36.9 Å². The van der Waals surface area contributed by atoms with E-state index in [9.17, 15) is 45.2 Å². The smallest absolute Gasteiger partial charge is 0.427 e. The molecule has 65 heavy (non-hydrogen) atoms. The predicted octanol–water partition coefficient (Wildman–Crippen LogP) is 6.34. The Balaban J connectivity index is 1.27. The number of allylic oxidation sites excluding steroid dienone is 1. The molecule has 20 heteroatoms. The van der Waals surface area contributed by atoms with E-state index >= 15 is 0 Å². The lowest BCUT2D eigenvalue weighted by Crippen LogP contribution is -2.59. The van der Waals surface area contributed by atoms with Crippen LogP contribution in [0.5, 0.6) is 17.4 Å². The molecule has 0 radical (unpaired) electrons. The molecule has 352 valence electrons. The number of alkyl halides is 3. The first kappa shape index (κ1) is 47.3. The molecular weight excluding hydrogens is 879 g/mol. The second-order valence-corrected chi connectivity index (χ2v) is 20.0. The average molecular weight is 932 g/mol. The molecule has 7 rings (SSSR count). The summed E-state index contributed by atoms with van der Waals surface area (Å²) in [5.41, 5.74) is -3.96. The number of fused-ring (bicyclic) bond motifs is 3. The van der Waals surface area contributed by atoms with Gasteiger partial charge in [0.1, 0.15) is 29.5 Å². The molecule has 0 unspecified atom stereocenters. The summed E-state index contributed by atoms with van der Waals surface area (Å²) >= 11 is 0. The van der Waals surface area contributed by atoms with Crippen LogP contribution in [0.15, 0.2) is 54.6 Å². The first-order chi connectivity index (χ1) is 30.5. The van der Waals surface area contributed by atoms with Gasteiger partial charge in [0.05, 0.1) is 31.7 Å². The molecule has 7 atom stereocenters. The molecule has 3 heterocycles. The normalized spacial score (nSPS) is 27.0. The number of methoxy groups -OCH3 is 2. The van der Waals surface area contributed by atoms with Crippen molar-refractivity contribution < 1.29 is 64.1 Å². The highest BCUT2D eigenvalue weighted by molar-refractivity contribution is 7.91. The van der Waals surface area contributed by atoms with Gasteiger partial charge in [-0.3, -0.25) is 19.1 Å². The van der Waals surface area contributed by atoms with Crippen molar-refractivity contribution in [3.63, 3.8) is 0 Å². The Labute approximate surface area is 374 Å². The molecule has 2 saturated carbocycles. The van der Waals surface area contributed by atoms with E-state index in [1.165, 1.54) is 26.4 Å². The minimum Gasteiger partial charge on any atom is -0.497 e. The number of nitrogens with zero attached hydrogens (tertiary/aromatic N) is 2. The zero-order valence-electron chi connectivity index (χ0n) is 36.8. The van der Waals surface area contributed by atoms with Crippen molar-refractivity contribution in [2.75, 3.05) is 20.8 Å². The van der Waals surface area contributed by atoms with E-state index in [1.807, 2.05) is 13.0 Å². The van der Waals surface area contributed by atoms with Gasteiger partial charge in [0.15, 0.2) is 11.6 Å². The van der Waals surface area contributed by atoms with E-state index < -0.39 is 92.2 Å². The standard InChI is InChI=1S/C45H53F4N5O10S/c1-24-9-7-8-10-28-22-44(28,41(57)53-65(59,60)31-13-14-31)52-38(55)35-21-30(23-54(35)40(56)37(25(2)17-24)51-42(58)64-43(3,4)45(47,48)49)63-39-32-15-12-29(61-5)18-27(32)20-34(50-39)26-11-16-36(62-6)33(46)19-26/h8,10-12,15-16,18-20,24-25,28,30-31,35,37H,7,9,13-14,17,21-23H2,1-6H3,(H,51,58)(H,52,55)(H,53,57)/b10-8-/t24-,25-,28-,30-,35+,37+,44-/m1/s1. The Morgan fingerprint density at radius 2 is 1.72 bits per heavy atom. The van der Waals surface area contributed by atoms with E-state index in [1.54, 1.807) is 43.3 Å². The number of aromatic nitrogens is 1. The van der Waals surface area contributed by atoms with Crippen molar-refractivity contribution in [3.8, 4) is 28.6 Å². The second kappa shape index (κ2) is 18.0. The largest absolute Gasteiger partial charge is 0.497 e. The summed E-state index contributed by atoms with van der Waals surface area (Å²) < 4.78 is 107. The second-order valence-electron chi connectivity index (χ2n) is 18.0. The van der Waals surface area contributed by atoms with Crippen LogP contribution in [0, 0.1) is 23.6 Å². The lowest BCUT2D eigenvalue weighted by molar-refractivity contribution is -0.244. The Hall–Kier alpha value is -5.66. The number of ether oxygens (including phenoxy) is 4. The van der Waals surface area contributed by atoms with E-state index in [2.05, 4.69) is 15.4 Å². The fourth-order valence-electron chi connectivity index (χ4n) is 8.50. The number of carbonyl (C=O) groups excluding carboxylic acids is 4. The van der Waals surface area contributed by atoms with Crippen LogP contribution in [0.3, 0.4) is 0 Å². The van der Waals surface area contributed by atoms with Crippen LogP contribution >= 0.6 is 0 Å². The minimum atomic E-state index is -4.95. The van der Waals surface area contributed by atoms with Crippen molar-refractivity contribution >= 4 is 44.6 Å². The number of hydrogen-bond donors (Lipinski definition) is 3. The predicted molar refractivity (Wildman–Crippen MR) is 229 cm³/mol. The fourth-order valence-corrected chi connectivity index (χ4v) is 9.86. The number of carbonyl (C=O) groups is 4. The highest BCUT2D eigenvalue weighted by atomic mass is 32.2. The molecular formula is C45H53F4N5O10S. The number of halogens is 4. The third kappa shape index (κ3) is 10.1. The van der Waals surface area contributed by atoms with Crippen molar-refractivity contribution in [1.82, 2.24) is 25.2 Å². The Bertz CT molecular complexity index is 2500. The third-order valence-corrected chi connectivity index (χ3v) is 14.5. The summed E-state index contributed by atoms with van der Waals surface area (Å²) in [5, 5.41) is 5.49. The Morgan fingerprint density at radius 1 is 0.985 bits per heavy atom. The third-order valence-electron chi connectivity index (χ3n) is 12.6. The van der Waals surface area contributed by atoms with Crippen molar-refractivity contribution in [1.29, 1.82) is 0 Å². The molecule has 15 nitrogen and oxygen atoms in total. The number of amides is 4. The number of hydrogen-bond acceptors (Lipinski definition) is 11. The monoisotopic (exact) mass is 931 g/mol. The molecule has 3 aromatic rings.